The SMILES string of the molecule is CC1CCCC(Nc2ccc3[nH]ccc3c2)C1. The lowest BCUT2D eigenvalue weighted by Gasteiger charge is -2.28. The van der Waals surface area contributed by atoms with Crippen LogP contribution in [0.2, 0.25) is 0 Å². The predicted molar refractivity (Wildman–Crippen MR) is 73.3 cm³/mol. The Hall–Kier alpha value is -1.44. The van der Waals surface area contributed by atoms with E-state index in [9.17, 15) is 0 Å². The summed E-state index contributed by atoms with van der Waals surface area (Å²) < 4.78 is 0. The number of H-pyrrole nitrogens is 1. The number of aromatic nitrogens is 1. The second-order valence-corrected chi connectivity index (χ2v) is 5.39. The Kier molecular flexibility index (Phi) is 2.79. The second kappa shape index (κ2) is 4.44. The van der Waals surface area contributed by atoms with Crippen LogP contribution in [0.1, 0.15) is 32.6 Å². The third-order valence-electron chi connectivity index (χ3n) is 3.86. The number of rotatable bonds is 2. The fourth-order valence-corrected chi connectivity index (χ4v) is 2.94. The average Bonchev–Trinajstić information content (AvgIpc) is 2.76. The van der Waals surface area contributed by atoms with Gasteiger partial charge < -0.3 is 10.3 Å². The molecule has 90 valence electrons. The van der Waals surface area contributed by atoms with Crippen LogP contribution in [-0.2, 0) is 0 Å². The van der Waals surface area contributed by atoms with Gasteiger partial charge in [0.2, 0.25) is 0 Å². The highest BCUT2D eigenvalue weighted by atomic mass is 14.9. The van der Waals surface area contributed by atoms with Crippen LogP contribution in [0.4, 0.5) is 5.69 Å². The third-order valence-corrected chi connectivity index (χ3v) is 3.86. The predicted octanol–water partition coefficient (Wildman–Crippen LogP) is 4.16. The number of aromatic amines is 1. The maximum absolute atomic E-state index is 3.68. The standard InChI is InChI=1S/C15H20N2/c1-11-3-2-4-13(9-11)17-14-5-6-15-12(10-14)7-8-16-15/h5-8,10-11,13,16-17H,2-4,9H2,1H3. The molecule has 0 amide bonds. The maximum atomic E-state index is 3.68. The summed E-state index contributed by atoms with van der Waals surface area (Å²) in [4.78, 5) is 3.23. The fourth-order valence-electron chi connectivity index (χ4n) is 2.94. The molecule has 0 aliphatic heterocycles. The van der Waals surface area contributed by atoms with Crippen LogP contribution in [0.25, 0.3) is 10.9 Å². The van der Waals surface area contributed by atoms with E-state index in [1.165, 1.54) is 42.3 Å². The van der Waals surface area contributed by atoms with Crippen molar-refractivity contribution in [1.29, 1.82) is 0 Å². The van der Waals surface area contributed by atoms with Crippen LogP contribution < -0.4 is 5.32 Å². The van der Waals surface area contributed by atoms with Crippen LogP contribution in [0.3, 0.4) is 0 Å². The molecule has 1 aromatic heterocycles. The first-order valence-electron chi connectivity index (χ1n) is 6.65. The van der Waals surface area contributed by atoms with Crippen molar-refractivity contribution in [1.82, 2.24) is 4.98 Å². The van der Waals surface area contributed by atoms with E-state index in [4.69, 9.17) is 0 Å². The van der Waals surface area contributed by atoms with Crippen LogP contribution in [-0.4, -0.2) is 11.0 Å². The molecule has 1 heterocycles. The number of nitrogens with one attached hydrogen (secondary N) is 2. The van der Waals surface area contributed by atoms with Gasteiger partial charge in [0.1, 0.15) is 0 Å². The largest absolute Gasteiger partial charge is 0.382 e. The Labute approximate surface area is 102 Å². The van der Waals surface area contributed by atoms with Crippen LogP contribution in [0, 0.1) is 5.92 Å². The maximum Gasteiger partial charge on any atom is 0.0455 e. The van der Waals surface area contributed by atoms with Gasteiger partial charge in [0, 0.05) is 28.8 Å². The summed E-state index contributed by atoms with van der Waals surface area (Å²) in [5.41, 5.74) is 2.48. The molecular weight excluding hydrogens is 208 g/mol. The van der Waals surface area contributed by atoms with Crippen molar-refractivity contribution in [2.24, 2.45) is 5.92 Å². The first-order chi connectivity index (χ1) is 8.31. The van der Waals surface area contributed by atoms with Gasteiger partial charge in [-0.25, -0.2) is 0 Å². The minimum absolute atomic E-state index is 0.662. The van der Waals surface area contributed by atoms with E-state index in [0.29, 0.717) is 6.04 Å². The van der Waals surface area contributed by atoms with E-state index in [0.717, 1.165) is 5.92 Å². The molecule has 0 spiro atoms. The van der Waals surface area contributed by atoms with Gasteiger partial charge in [0.05, 0.1) is 0 Å². The molecule has 1 saturated carbocycles. The molecule has 2 atom stereocenters. The lowest BCUT2D eigenvalue weighted by molar-refractivity contribution is 0.358. The van der Waals surface area contributed by atoms with Crippen LogP contribution in [0.15, 0.2) is 30.5 Å². The molecule has 1 fully saturated rings. The van der Waals surface area contributed by atoms with Gasteiger partial charge in [-0.05, 0) is 43.0 Å². The summed E-state index contributed by atoms with van der Waals surface area (Å²) in [6.45, 7) is 2.36. The monoisotopic (exact) mass is 228 g/mol. The van der Waals surface area contributed by atoms with Gasteiger partial charge in [-0.15, -0.1) is 0 Å². The van der Waals surface area contributed by atoms with E-state index in [-0.39, 0.29) is 0 Å². The number of benzene rings is 1. The third kappa shape index (κ3) is 2.31. The lowest BCUT2D eigenvalue weighted by Crippen LogP contribution is -2.26. The van der Waals surface area contributed by atoms with Gasteiger partial charge in [-0.1, -0.05) is 19.8 Å². The first kappa shape index (κ1) is 10.7. The average molecular weight is 228 g/mol. The zero-order valence-electron chi connectivity index (χ0n) is 10.4. The summed E-state index contributed by atoms with van der Waals surface area (Å²) >= 11 is 0. The highest BCUT2D eigenvalue weighted by Crippen LogP contribution is 2.27. The molecule has 2 heteroatoms. The van der Waals surface area contributed by atoms with E-state index in [2.05, 4.69) is 41.5 Å². The molecule has 1 aromatic carbocycles. The number of anilines is 1. The number of hydrogen-bond acceptors (Lipinski definition) is 1. The van der Waals surface area contributed by atoms with Gasteiger partial charge in [0.15, 0.2) is 0 Å². The summed E-state index contributed by atoms with van der Waals surface area (Å²) in [6.07, 6.45) is 7.39. The Morgan fingerprint density at radius 1 is 1.24 bits per heavy atom. The minimum Gasteiger partial charge on any atom is -0.382 e. The normalized spacial score (nSPS) is 25.0. The van der Waals surface area contributed by atoms with E-state index in [1.54, 1.807) is 0 Å². The summed E-state index contributed by atoms with van der Waals surface area (Å²) in [6, 6.07) is 9.37. The van der Waals surface area contributed by atoms with Crippen molar-refractivity contribution >= 4 is 16.6 Å². The van der Waals surface area contributed by atoms with Gasteiger partial charge in [-0.2, -0.15) is 0 Å². The van der Waals surface area contributed by atoms with Crippen LogP contribution >= 0.6 is 0 Å². The van der Waals surface area contributed by atoms with Gasteiger partial charge in [-0.3, -0.25) is 0 Å². The first-order valence-corrected chi connectivity index (χ1v) is 6.65. The topological polar surface area (TPSA) is 27.8 Å². The molecule has 0 saturated heterocycles. The fraction of sp³-hybridized carbons (Fsp3) is 0.467. The molecule has 2 unspecified atom stereocenters. The van der Waals surface area contributed by atoms with E-state index in [1.807, 2.05) is 6.20 Å². The molecule has 17 heavy (non-hydrogen) atoms. The molecule has 2 nitrogen and oxygen atoms in total. The Bertz CT molecular complexity index is 500. The van der Waals surface area contributed by atoms with Crippen molar-refractivity contribution in [2.45, 2.75) is 38.6 Å². The van der Waals surface area contributed by atoms with E-state index >= 15 is 0 Å². The van der Waals surface area contributed by atoms with Crippen molar-refractivity contribution < 1.29 is 0 Å². The molecule has 0 radical (unpaired) electrons. The molecule has 3 rings (SSSR count). The van der Waals surface area contributed by atoms with E-state index < -0.39 is 0 Å². The molecule has 1 aliphatic rings. The Balaban J connectivity index is 1.75. The highest BCUT2D eigenvalue weighted by molar-refractivity contribution is 5.83. The molecule has 1 aliphatic carbocycles. The summed E-state index contributed by atoms with van der Waals surface area (Å²) in [5.74, 6) is 0.872. The molecule has 2 N–H and O–H groups in total. The summed E-state index contributed by atoms with van der Waals surface area (Å²) in [5, 5.41) is 4.97. The number of fused-ring (bicyclic) bond motifs is 1. The highest BCUT2D eigenvalue weighted by Gasteiger charge is 2.18. The zero-order chi connectivity index (χ0) is 11.7. The van der Waals surface area contributed by atoms with Crippen molar-refractivity contribution in [3.05, 3.63) is 30.5 Å². The van der Waals surface area contributed by atoms with Gasteiger partial charge in [0.25, 0.3) is 0 Å². The second-order valence-electron chi connectivity index (χ2n) is 5.39. The van der Waals surface area contributed by atoms with Gasteiger partial charge >= 0.3 is 0 Å². The van der Waals surface area contributed by atoms with Crippen molar-refractivity contribution in [3.8, 4) is 0 Å². The Morgan fingerprint density at radius 3 is 3.06 bits per heavy atom. The lowest BCUT2D eigenvalue weighted by atomic mass is 9.87. The van der Waals surface area contributed by atoms with Crippen molar-refractivity contribution in [3.63, 3.8) is 0 Å². The molecular formula is C15H20N2. The minimum atomic E-state index is 0.662. The smallest absolute Gasteiger partial charge is 0.0455 e. The number of hydrogen-bond donors (Lipinski definition) is 2. The summed E-state index contributed by atoms with van der Waals surface area (Å²) in [7, 11) is 0. The quantitative estimate of drug-likeness (QED) is 0.793. The molecule has 2 aromatic rings. The van der Waals surface area contributed by atoms with Crippen molar-refractivity contribution in [2.75, 3.05) is 5.32 Å². The zero-order valence-corrected chi connectivity index (χ0v) is 10.4. The van der Waals surface area contributed by atoms with Crippen LogP contribution in [0.5, 0.6) is 0 Å². The molecule has 0 bridgehead atoms. The Morgan fingerprint density at radius 2 is 2.18 bits per heavy atom.